The Morgan fingerprint density at radius 2 is 1.86 bits per heavy atom. The molecule has 0 fully saturated rings. The largest absolute Gasteiger partial charge is 0.508 e. The van der Waals surface area contributed by atoms with Crippen LogP contribution in [0.3, 0.4) is 0 Å². The molecule has 1 rings (SSSR count). The van der Waals surface area contributed by atoms with E-state index in [2.05, 4.69) is 0 Å². The van der Waals surface area contributed by atoms with Crippen molar-refractivity contribution in [3.8, 4) is 17.6 Å². The van der Waals surface area contributed by atoms with E-state index in [9.17, 15) is 5.11 Å². The van der Waals surface area contributed by atoms with E-state index in [4.69, 9.17) is 49.5 Å². The Balaban J connectivity index is 2.20. The molecule has 21 heavy (non-hydrogen) atoms. The number of halogens is 3. The van der Waals surface area contributed by atoms with Gasteiger partial charge in [0.25, 0.3) is 0 Å². The summed E-state index contributed by atoms with van der Waals surface area (Å²) >= 11 is 17.3. The monoisotopic (exact) mass is 349 g/mol. The van der Waals surface area contributed by atoms with Crippen LogP contribution in [0.5, 0.6) is 11.5 Å². The summed E-state index contributed by atoms with van der Waals surface area (Å²) in [4.78, 5) is 0. The lowest BCUT2D eigenvalue weighted by molar-refractivity contribution is 0.152. The molecule has 0 spiro atoms. The number of nitriles is 1. The van der Waals surface area contributed by atoms with Crippen LogP contribution in [0.4, 0.5) is 0 Å². The van der Waals surface area contributed by atoms with Crippen molar-refractivity contribution in [2.75, 3.05) is 19.8 Å². The van der Waals surface area contributed by atoms with Gasteiger partial charge in [-0.25, -0.2) is 0 Å². The lowest BCUT2D eigenvalue weighted by atomic mass is 10.3. The van der Waals surface area contributed by atoms with Crippen molar-refractivity contribution in [1.82, 2.24) is 0 Å². The Bertz CT molecular complexity index is 518. The third-order valence-electron chi connectivity index (χ3n) is 2.40. The first-order chi connectivity index (χ1) is 10.0. The van der Waals surface area contributed by atoms with Crippen molar-refractivity contribution >= 4 is 34.8 Å². The van der Waals surface area contributed by atoms with Crippen LogP contribution in [-0.2, 0) is 4.74 Å². The number of ether oxygens (including phenoxy) is 2. The van der Waals surface area contributed by atoms with Crippen LogP contribution >= 0.6 is 34.8 Å². The van der Waals surface area contributed by atoms with Crippen molar-refractivity contribution in [3.63, 3.8) is 0 Å². The second kappa shape index (κ2) is 9.75. The summed E-state index contributed by atoms with van der Waals surface area (Å²) < 4.78 is 10.7. The summed E-state index contributed by atoms with van der Waals surface area (Å²) in [6.45, 7) is 1.28. The molecular weight excluding hydrogens is 337 g/mol. The van der Waals surface area contributed by atoms with Gasteiger partial charge < -0.3 is 14.6 Å². The molecule has 0 unspecified atom stereocenters. The van der Waals surface area contributed by atoms with E-state index in [1.807, 2.05) is 0 Å². The third-order valence-corrected chi connectivity index (χ3v) is 3.20. The minimum atomic E-state index is -0.00478. The minimum absolute atomic E-state index is 0.00478. The van der Waals surface area contributed by atoms with E-state index in [-0.39, 0.29) is 20.8 Å². The molecule has 0 bridgehead atoms. The molecule has 0 heterocycles. The summed E-state index contributed by atoms with van der Waals surface area (Å²) in [5.74, 6) is 0.357. The summed E-state index contributed by atoms with van der Waals surface area (Å²) in [5.41, 5.74) is 0. The van der Waals surface area contributed by atoms with Gasteiger partial charge in [-0.05, 0) is 18.9 Å². The maximum absolute atomic E-state index is 9.29. The Kier molecular flexibility index (Phi) is 8.33. The number of phenolic OH excluding ortho intramolecular Hbond substituents is 1. The Morgan fingerprint density at radius 1 is 1.24 bits per heavy atom. The van der Waals surface area contributed by atoms with Gasteiger partial charge in [0.15, 0.2) is 5.75 Å². The molecule has 0 atom stereocenters. The standard InChI is InChI=1S/C14H14Cl3NO3/c15-10(9-18)3-6-20-4-1-2-5-21-14-12(16)7-11(19)8-13(14)17/h3,7-8,19H,1-2,4-6H2/b10-3-. The van der Waals surface area contributed by atoms with Crippen LogP contribution in [0.25, 0.3) is 0 Å². The first-order valence-corrected chi connectivity index (χ1v) is 7.32. The molecule has 0 aliphatic carbocycles. The third kappa shape index (κ3) is 6.92. The van der Waals surface area contributed by atoms with E-state index >= 15 is 0 Å². The Labute approximate surface area is 138 Å². The van der Waals surface area contributed by atoms with Gasteiger partial charge in [-0.3, -0.25) is 0 Å². The maximum Gasteiger partial charge on any atom is 0.156 e. The van der Waals surface area contributed by atoms with Crippen LogP contribution in [-0.4, -0.2) is 24.9 Å². The Hall–Kier alpha value is -1.12. The minimum Gasteiger partial charge on any atom is -0.508 e. The van der Waals surface area contributed by atoms with Crippen LogP contribution < -0.4 is 4.74 Å². The summed E-state index contributed by atoms with van der Waals surface area (Å²) in [7, 11) is 0. The quantitative estimate of drug-likeness (QED) is 0.553. The van der Waals surface area contributed by atoms with E-state index in [1.54, 1.807) is 6.07 Å². The molecule has 1 aromatic rings. The molecule has 114 valence electrons. The molecule has 1 N–H and O–H groups in total. The maximum atomic E-state index is 9.29. The molecule has 0 saturated carbocycles. The normalized spacial score (nSPS) is 11.2. The number of hydrogen-bond acceptors (Lipinski definition) is 4. The summed E-state index contributed by atoms with van der Waals surface area (Å²) in [5, 5.41) is 18.4. The average molecular weight is 351 g/mol. The van der Waals surface area contributed by atoms with Crippen molar-refractivity contribution in [2.24, 2.45) is 0 Å². The van der Waals surface area contributed by atoms with Crippen LogP contribution in [0.2, 0.25) is 10.0 Å². The number of aromatic hydroxyl groups is 1. The molecule has 0 aliphatic heterocycles. The molecule has 0 amide bonds. The molecule has 0 saturated heterocycles. The van der Waals surface area contributed by atoms with Gasteiger partial charge in [0.2, 0.25) is 0 Å². The average Bonchev–Trinajstić information content (AvgIpc) is 2.43. The number of unbranched alkanes of at least 4 members (excludes halogenated alkanes) is 1. The predicted octanol–water partition coefficient (Wildman–Crippen LogP) is 4.52. The molecule has 0 radical (unpaired) electrons. The molecule has 1 aromatic carbocycles. The first kappa shape index (κ1) is 17.9. The first-order valence-electron chi connectivity index (χ1n) is 6.19. The van der Waals surface area contributed by atoms with Gasteiger partial charge in [0.1, 0.15) is 16.9 Å². The fourth-order valence-corrected chi connectivity index (χ4v) is 2.07. The van der Waals surface area contributed by atoms with Gasteiger partial charge >= 0.3 is 0 Å². The van der Waals surface area contributed by atoms with Crippen molar-refractivity contribution in [3.05, 3.63) is 33.3 Å². The lowest BCUT2D eigenvalue weighted by Gasteiger charge is -2.10. The zero-order valence-electron chi connectivity index (χ0n) is 11.1. The molecule has 7 heteroatoms. The molecule has 0 aliphatic rings. The molecular formula is C14H14Cl3NO3. The summed E-state index contributed by atoms with van der Waals surface area (Å²) in [6, 6.07) is 4.54. The highest BCUT2D eigenvalue weighted by atomic mass is 35.5. The van der Waals surface area contributed by atoms with Gasteiger partial charge in [-0.2, -0.15) is 5.26 Å². The summed E-state index contributed by atoms with van der Waals surface area (Å²) in [6.07, 6.45) is 3.04. The van der Waals surface area contributed by atoms with E-state index in [1.165, 1.54) is 18.2 Å². The number of phenols is 1. The zero-order valence-corrected chi connectivity index (χ0v) is 13.4. The lowest BCUT2D eigenvalue weighted by Crippen LogP contribution is -2.02. The second-order valence-electron chi connectivity index (χ2n) is 4.03. The second-order valence-corrected chi connectivity index (χ2v) is 5.25. The van der Waals surface area contributed by atoms with Crippen molar-refractivity contribution in [1.29, 1.82) is 5.26 Å². The van der Waals surface area contributed by atoms with Gasteiger partial charge in [0, 0.05) is 18.7 Å². The van der Waals surface area contributed by atoms with Gasteiger partial charge in [-0.15, -0.1) is 0 Å². The van der Waals surface area contributed by atoms with E-state index < -0.39 is 0 Å². The molecule has 0 aromatic heterocycles. The highest BCUT2D eigenvalue weighted by molar-refractivity contribution is 6.37. The van der Waals surface area contributed by atoms with Crippen LogP contribution in [0, 0.1) is 11.3 Å². The Morgan fingerprint density at radius 3 is 2.48 bits per heavy atom. The zero-order chi connectivity index (χ0) is 15.7. The highest BCUT2D eigenvalue weighted by Gasteiger charge is 2.09. The number of benzene rings is 1. The number of nitrogens with zero attached hydrogens (tertiary/aromatic N) is 1. The van der Waals surface area contributed by atoms with Gasteiger partial charge in [-0.1, -0.05) is 34.8 Å². The van der Waals surface area contributed by atoms with Gasteiger partial charge in [0.05, 0.1) is 23.3 Å². The van der Waals surface area contributed by atoms with E-state index in [0.717, 1.165) is 12.8 Å². The predicted molar refractivity (Wildman–Crippen MR) is 83.2 cm³/mol. The van der Waals surface area contributed by atoms with Crippen molar-refractivity contribution < 1.29 is 14.6 Å². The van der Waals surface area contributed by atoms with Crippen LogP contribution in [0.15, 0.2) is 23.2 Å². The topological polar surface area (TPSA) is 62.5 Å². The van der Waals surface area contributed by atoms with Crippen molar-refractivity contribution in [2.45, 2.75) is 12.8 Å². The van der Waals surface area contributed by atoms with E-state index in [0.29, 0.717) is 25.6 Å². The fourth-order valence-electron chi connectivity index (χ4n) is 1.43. The SMILES string of the molecule is N#C/C(Cl)=C/COCCCCOc1c(Cl)cc(O)cc1Cl. The highest BCUT2D eigenvalue weighted by Crippen LogP contribution is 2.36. The van der Waals surface area contributed by atoms with Crippen LogP contribution in [0.1, 0.15) is 12.8 Å². The number of rotatable bonds is 8. The smallest absolute Gasteiger partial charge is 0.156 e. The number of hydrogen-bond donors (Lipinski definition) is 1. The number of allylic oxidation sites excluding steroid dienone is 1. The molecule has 4 nitrogen and oxygen atoms in total. The fraction of sp³-hybridized carbons (Fsp3) is 0.357.